The molecule has 3 nitrogen and oxygen atoms in total. The van der Waals surface area contributed by atoms with E-state index in [1.165, 1.54) is 10.9 Å². The minimum atomic E-state index is 0.253. The SMILES string of the molecule is C[C@@H](NCc1nn(C)c2ccccc12)c1ccc(Cl)cc1. The van der Waals surface area contributed by atoms with Crippen LogP contribution >= 0.6 is 11.6 Å². The highest BCUT2D eigenvalue weighted by Crippen LogP contribution is 2.20. The van der Waals surface area contributed by atoms with Crippen LogP contribution in [0.3, 0.4) is 0 Å². The fourth-order valence-corrected chi connectivity index (χ4v) is 2.66. The Bertz CT molecular complexity index is 746. The third-order valence-corrected chi connectivity index (χ3v) is 4.03. The molecule has 3 aromatic rings. The second-order valence-electron chi connectivity index (χ2n) is 5.24. The third-order valence-electron chi connectivity index (χ3n) is 3.78. The second kappa shape index (κ2) is 5.88. The molecule has 108 valence electrons. The molecule has 0 aliphatic rings. The molecule has 0 spiro atoms. The highest BCUT2D eigenvalue weighted by molar-refractivity contribution is 6.30. The predicted molar refractivity (Wildman–Crippen MR) is 87.4 cm³/mol. The lowest BCUT2D eigenvalue weighted by Gasteiger charge is -2.13. The second-order valence-corrected chi connectivity index (χ2v) is 5.68. The molecule has 0 bridgehead atoms. The number of hydrogen-bond donors (Lipinski definition) is 1. The highest BCUT2D eigenvalue weighted by Gasteiger charge is 2.10. The summed E-state index contributed by atoms with van der Waals surface area (Å²) in [5.74, 6) is 0. The standard InChI is InChI=1S/C17H18ClN3/c1-12(13-7-9-14(18)10-8-13)19-11-16-15-5-3-4-6-17(15)21(2)20-16/h3-10,12,19H,11H2,1-2H3/t12-/m1/s1. The molecule has 0 aliphatic carbocycles. The van der Waals surface area contributed by atoms with Gasteiger partial charge in [-0.2, -0.15) is 5.10 Å². The van der Waals surface area contributed by atoms with Crippen molar-refractivity contribution < 1.29 is 0 Å². The van der Waals surface area contributed by atoms with Gasteiger partial charge >= 0.3 is 0 Å². The fourth-order valence-electron chi connectivity index (χ4n) is 2.54. The summed E-state index contributed by atoms with van der Waals surface area (Å²) in [5.41, 5.74) is 3.46. The molecule has 1 N–H and O–H groups in total. The minimum Gasteiger partial charge on any atom is -0.304 e. The Kier molecular flexibility index (Phi) is 3.95. The minimum absolute atomic E-state index is 0.253. The van der Waals surface area contributed by atoms with Gasteiger partial charge in [0, 0.05) is 30.0 Å². The maximum atomic E-state index is 5.92. The zero-order chi connectivity index (χ0) is 14.8. The molecule has 1 atom stereocenters. The Morgan fingerprint density at radius 1 is 1.14 bits per heavy atom. The van der Waals surface area contributed by atoms with Gasteiger partial charge in [-0.05, 0) is 30.7 Å². The van der Waals surface area contributed by atoms with Crippen LogP contribution in [0.4, 0.5) is 0 Å². The summed E-state index contributed by atoms with van der Waals surface area (Å²) in [6, 6.07) is 16.5. The first-order valence-corrected chi connectivity index (χ1v) is 7.42. The number of nitrogens with zero attached hydrogens (tertiary/aromatic N) is 2. The maximum absolute atomic E-state index is 5.92. The average molecular weight is 300 g/mol. The Hall–Kier alpha value is -1.84. The predicted octanol–water partition coefficient (Wildman–Crippen LogP) is 4.08. The van der Waals surface area contributed by atoms with Crippen molar-refractivity contribution in [2.75, 3.05) is 0 Å². The molecule has 2 aromatic carbocycles. The van der Waals surface area contributed by atoms with Gasteiger partial charge in [-0.1, -0.05) is 41.9 Å². The van der Waals surface area contributed by atoms with Crippen LogP contribution < -0.4 is 5.32 Å². The number of fused-ring (bicyclic) bond motifs is 1. The topological polar surface area (TPSA) is 29.9 Å². The van der Waals surface area contributed by atoms with E-state index in [0.717, 1.165) is 22.8 Å². The van der Waals surface area contributed by atoms with E-state index in [-0.39, 0.29) is 6.04 Å². The maximum Gasteiger partial charge on any atom is 0.0841 e. The van der Waals surface area contributed by atoms with E-state index in [4.69, 9.17) is 11.6 Å². The fraction of sp³-hybridized carbons (Fsp3) is 0.235. The summed E-state index contributed by atoms with van der Waals surface area (Å²) in [5, 5.41) is 10.1. The lowest BCUT2D eigenvalue weighted by atomic mass is 10.1. The first-order chi connectivity index (χ1) is 10.1. The van der Waals surface area contributed by atoms with Crippen molar-refractivity contribution in [1.29, 1.82) is 0 Å². The molecule has 4 heteroatoms. The number of nitrogens with one attached hydrogen (secondary N) is 1. The van der Waals surface area contributed by atoms with Crippen LogP contribution in [0.15, 0.2) is 48.5 Å². The number of hydrogen-bond acceptors (Lipinski definition) is 2. The molecule has 0 aliphatic heterocycles. The number of aromatic nitrogens is 2. The van der Waals surface area contributed by atoms with Gasteiger partial charge in [0.15, 0.2) is 0 Å². The summed E-state index contributed by atoms with van der Waals surface area (Å²) in [7, 11) is 1.98. The smallest absolute Gasteiger partial charge is 0.0841 e. The molecule has 1 aromatic heterocycles. The lowest BCUT2D eigenvalue weighted by molar-refractivity contribution is 0.564. The third kappa shape index (κ3) is 2.94. The van der Waals surface area contributed by atoms with Crippen LogP contribution in [0.1, 0.15) is 24.2 Å². The summed E-state index contributed by atoms with van der Waals surface area (Å²) in [4.78, 5) is 0. The van der Waals surface area contributed by atoms with E-state index < -0.39 is 0 Å². The number of aryl methyl sites for hydroxylation is 1. The van der Waals surface area contributed by atoms with Crippen molar-refractivity contribution in [3.8, 4) is 0 Å². The monoisotopic (exact) mass is 299 g/mol. The zero-order valence-corrected chi connectivity index (χ0v) is 12.9. The molecular formula is C17H18ClN3. The van der Waals surface area contributed by atoms with Crippen LogP contribution in [-0.4, -0.2) is 9.78 Å². The van der Waals surface area contributed by atoms with Gasteiger partial charge in [-0.25, -0.2) is 0 Å². The van der Waals surface area contributed by atoms with Gasteiger partial charge in [-0.15, -0.1) is 0 Å². The summed E-state index contributed by atoms with van der Waals surface area (Å²) in [6.07, 6.45) is 0. The normalized spacial score (nSPS) is 12.7. The lowest BCUT2D eigenvalue weighted by Crippen LogP contribution is -2.18. The van der Waals surface area contributed by atoms with Crippen LogP contribution in [0.25, 0.3) is 10.9 Å². The van der Waals surface area contributed by atoms with E-state index in [2.05, 4.69) is 47.7 Å². The van der Waals surface area contributed by atoms with E-state index in [0.29, 0.717) is 0 Å². The van der Waals surface area contributed by atoms with Crippen molar-refractivity contribution in [3.05, 3.63) is 64.8 Å². The van der Waals surface area contributed by atoms with Crippen LogP contribution in [0.5, 0.6) is 0 Å². The Morgan fingerprint density at radius 3 is 2.62 bits per heavy atom. The van der Waals surface area contributed by atoms with Crippen molar-refractivity contribution in [2.45, 2.75) is 19.5 Å². The molecule has 0 radical (unpaired) electrons. The van der Waals surface area contributed by atoms with E-state index in [1.54, 1.807) is 0 Å². The van der Waals surface area contributed by atoms with Crippen molar-refractivity contribution in [2.24, 2.45) is 7.05 Å². The van der Waals surface area contributed by atoms with Gasteiger partial charge < -0.3 is 5.32 Å². The van der Waals surface area contributed by atoms with E-state index >= 15 is 0 Å². The first kappa shape index (κ1) is 14.1. The molecule has 0 saturated carbocycles. The number of para-hydroxylation sites is 1. The zero-order valence-electron chi connectivity index (χ0n) is 12.2. The van der Waals surface area contributed by atoms with Crippen LogP contribution in [0.2, 0.25) is 5.02 Å². The van der Waals surface area contributed by atoms with Gasteiger partial charge in [0.2, 0.25) is 0 Å². The van der Waals surface area contributed by atoms with Crippen molar-refractivity contribution >= 4 is 22.5 Å². The largest absolute Gasteiger partial charge is 0.304 e. The molecule has 1 heterocycles. The molecule has 0 fully saturated rings. The Balaban J connectivity index is 1.76. The molecule has 0 unspecified atom stereocenters. The molecule has 0 amide bonds. The Morgan fingerprint density at radius 2 is 1.86 bits per heavy atom. The van der Waals surface area contributed by atoms with Gasteiger partial charge in [0.05, 0.1) is 11.2 Å². The Labute approximate surface area is 129 Å². The molecular weight excluding hydrogens is 282 g/mol. The summed E-state index contributed by atoms with van der Waals surface area (Å²) < 4.78 is 1.93. The highest BCUT2D eigenvalue weighted by atomic mass is 35.5. The number of rotatable bonds is 4. The van der Waals surface area contributed by atoms with Crippen LogP contribution in [0, 0.1) is 0 Å². The number of halogens is 1. The van der Waals surface area contributed by atoms with Crippen LogP contribution in [-0.2, 0) is 13.6 Å². The quantitative estimate of drug-likeness (QED) is 0.787. The average Bonchev–Trinajstić information content (AvgIpc) is 2.83. The van der Waals surface area contributed by atoms with Crippen molar-refractivity contribution in [1.82, 2.24) is 15.1 Å². The molecule has 3 rings (SSSR count). The number of benzene rings is 2. The first-order valence-electron chi connectivity index (χ1n) is 7.04. The van der Waals surface area contributed by atoms with E-state index in [1.807, 2.05) is 29.9 Å². The van der Waals surface area contributed by atoms with Gasteiger partial charge in [0.1, 0.15) is 0 Å². The molecule has 0 saturated heterocycles. The van der Waals surface area contributed by atoms with Gasteiger partial charge in [-0.3, -0.25) is 4.68 Å². The van der Waals surface area contributed by atoms with Crippen molar-refractivity contribution in [3.63, 3.8) is 0 Å². The summed E-state index contributed by atoms with van der Waals surface area (Å²) >= 11 is 5.92. The van der Waals surface area contributed by atoms with E-state index in [9.17, 15) is 0 Å². The molecule has 21 heavy (non-hydrogen) atoms. The van der Waals surface area contributed by atoms with Gasteiger partial charge in [0.25, 0.3) is 0 Å². The summed E-state index contributed by atoms with van der Waals surface area (Å²) in [6.45, 7) is 2.89.